The molecule has 1 saturated heterocycles. The zero-order chi connectivity index (χ0) is 13.4. The first-order chi connectivity index (χ1) is 9.22. The predicted octanol–water partition coefficient (Wildman–Crippen LogP) is 1.91. The summed E-state index contributed by atoms with van der Waals surface area (Å²) in [6.07, 6.45) is 2.27. The molecule has 3 atom stereocenters. The average Bonchev–Trinajstić information content (AvgIpc) is 3.00. The van der Waals surface area contributed by atoms with Gasteiger partial charge in [-0.15, -0.1) is 0 Å². The average molecular weight is 261 g/mol. The van der Waals surface area contributed by atoms with E-state index in [2.05, 4.69) is 30.1 Å². The van der Waals surface area contributed by atoms with Gasteiger partial charge in [0.05, 0.1) is 18.8 Å². The summed E-state index contributed by atoms with van der Waals surface area (Å²) in [4.78, 5) is 3.24. The number of fused-ring (bicyclic) bond motifs is 1. The van der Waals surface area contributed by atoms with E-state index in [1.54, 1.807) is 0 Å². The first-order valence-electron chi connectivity index (χ1n) is 6.77. The van der Waals surface area contributed by atoms with Crippen molar-refractivity contribution in [1.82, 2.24) is 4.98 Å². The van der Waals surface area contributed by atoms with Crippen LogP contribution in [-0.4, -0.2) is 34.0 Å². The maximum Gasteiger partial charge on any atom is 0.107 e. The van der Waals surface area contributed by atoms with Crippen LogP contribution in [0.5, 0.6) is 0 Å². The van der Waals surface area contributed by atoms with Gasteiger partial charge in [0.15, 0.2) is 0 Å². The molecule has 4 heteroatoms. The summed E-state index contributed by atoms with van der Waals surface area (Å²) < 4.78 is 5.73. The van der Waals surface area contributed by atoms with Gasteiger partial charge in [0.2, 0.25) is 0 Å². The quantitative estimate of drug-likeness (QED) is 0.790. The van der Waals surface area contributed by atoms with Crippen LogP contribution in [0.4, 0.5) is 0 Å². The van der Waals surface area contributed by atoms with Crippen LogP contribution in [0.2, 0.25) is 0 Å². The number of aryl methyl sites for hydroxylation is 1. The topological polar surface area (TPSA) is 65.5 Å². The smallest absolute Gasteiger partial charge is 0.107 e. The monoisotopic (exact) mass is 261 g/mol. The van der Waals surface area contributed by atoms with Crippen molar-refractivity contribution >= 4 is 10.9 Å². The molecule has 1 aromatic carbocycles. The number of ether oxygens (including phenoxy) is 1. The Labute approximate surface area is 112 Å². The van der Waals surface area contributed by atoms with E-state index in [0.717, 1.165) is 22.9 Å². The molecule has 1 aromatic heterocycles. The second-order valence-electron chi connectivity index (χ2n) is 5.13. The van der Waals surface area contributed by atoms with Gasteiger partial charge in [-0.3, -0.25) is 0 Å². The molecule has 0 aliphatic carbocycles. The molecule has 0 amide bonds. The molecule has 2 heterocycles. The van der Waals surface area contributed by atoms with E-state index in [9.17, 15) is 5.11 Å². The first kappa shape index (κ1) is 12.7. The van der Waals surface area contributed by atoms with Crippen molar-refractivity contribution < 1.29 is 14.9 Å². The molecule has 0 radical (unpaired) electrons. The van der Waals surface area contributed by atoms with E-state index < -0.39 is 12.2 Å². The number of hydrogen-bond acceptors (Lipinski definition) is 3. The third-order valence-corrected chi connectivity index (χ3v) is 3.94. The highest BCUT2D eigenvalue weighted by molar-refractivity contribution is 5.84. The molecule has 102 valence electrons. The maximum atomic E-state index is 9.84. The molecule has 0 saturated carbocycles. The second kappa shape index (κ2) is 4.96. The minimum absolute atomic E-state index is 0.139. The van der Waals surface area contributed by atoms with Crippen molar-refractivity contribution in [3.63, 3.8) is 0 Å². The van der Waals surface area contributed by atoms with Crippen LogP contribution >= 0.6 is 0 Å². The van der Waals surface area contributed by atoms with Gasteiger partial charge in [0, 0.05) is 29.1 Å². The number of aliphatic hydroxyl groups excluding tert-OH is 2. The van der Waals surface area contributed by atoms with Crippen LogP contribution in [-0.2, 0) is 11.2 Å². The van der Waals surface area contributed by atoms with Gasteiger partial charge < -0.3 is 19.9 Å². The Hall–Kier alpha value is -1.36. The van der Waals surface area contributed by atoms with E-state index in [0.29, 0.717) is 6.42 Å². The fraction of sp³-hybridized carbons (Fsp3) is 0.467. The highest BCUT2D eigenvalue weighted by Gasteiger charge is 2.35. The third kappa shape index (κ3) is 2.16. The Morgan fingerprint density at radius 1 is 1.42 bits per heavy atom. The predicted molar refractivity (Wildman–Crippen MR) is 73.0 cm³/mol. The molecule has 0 bridgehead atoms. The number of nitrogens with one attached hydrogen (secondary N) is 1. The summed E-state index contributed by atoms with van der Waals surface area (Å²) >= 11 is 0. The Balaban J connectivity index is 1.97. The number of benzene rings is 1. The summed E-state index contributed by atoms with van der Waals surface area (Å²) in [6, 6.07) is 6.36. The van der Waals surface area contributed by atoms with E-state index in [1.807, 2.05) is 6.20 Å². The van der Waals surface area contributed by atoms with Gasteiger partial charge >= 0.3 is 0 Å². The second-order valence-corrected chi connectivity index (χ2v) is 5.13. The zero-order valence-electron chi connectivity index (χ0n) is 11.0. The van der Waals surface area contributed by atoms with Crippen molar-refractivity contribution in [1.29, 1.82) is 0 Å². The molecule has 0 spiro atoms. The number of rotatable bonds is 3. The lowest BCUT2D eigenvalue weighted by Crippen LogP contribution is -2.24. The zero-order valence-corrected chi connectivity index (χ0v) is 11.0. The van der Waals surface area contributed by atoms with Gasteiger partial charge in [0.25, 0.3) is 0 Å². The minimum atomic E-state index is -0.589. The van der Waals surface area contributed by atoms with Gasteiger partial charge in [-0.05, 0) is 24.1 Å². The molecular weight excluding hydrogens is 242 g/mol. The Kier molecular flexibility index (Phi) is 3.31. The SMILES string of the molecule is CCc1ccc2[nH]cc(C3C[C@H](O)[C@@H](CO)O3)c2c1. The normalized spacial score (nSPS) is 27.2. The summed E-state index contributed by atoms with van der Waals surface area (Å²) in [5, 5.41) is 20.1. The largest absolute Gasteiger partial charge is 0.394 e. The first-order valence-corrected chi connectivity index (χ1v) is 6.77. The van der Waals surface area contributed by atoms with Crippen LogP contribution in [0.3, 0.4) is 0 Å². The lowest BCUT2D eigenvalue weighted by atomic mass is 10.0. The molecular formula is C15H19NO3. The Morgan fingerprint density at radius 2 is 2.26 bits per heavy atom. The van der Waals surface area contributed by atoms with Crippen molar-refractivity contribution in [2.45, 2.75) is 38.1 Å². The van der Waals surface area contributed by atoms with Crippen LogP contribution in [0, 0.1) is 0 Å². The molecule has 1 aliphatic rings. The van der Waals surface area contributed by atoms with Crippen LogP contribution in [0.1, 0.15) is 30.6 Å². The molecule has 1 unspecified atom stereocenters. The lowest BCUT2D eigenvalue weighted by molar-refractivity contribution is -0.0222. The highest BCUT2D eigenvalue weighted by Crippen LogP contribution is 2.36. The summed E-state index contributed by atoms with van der Waals surface area (Å²) in [7, 11) is 0. The van der Waals surface area contributed by atoms with E-state index in [1.165, 1.54) is 5.56 Å². The maximum absolute atomic E-state index is 9.84. The molecule has 1 aliphatic heterocycles. The third-order valence-electron chi connectivity index (χ3n) is 3.94. The number of aliphatic hydroxyl groups is 2. The summed E-state index contributed by atoms with van der Waals surface area (Å²) in [5.41, 5.74) is 3.43. The highest BCUT2D eigenvalue weighted by atomic mass is 16.5. The van der Waals surface area contributed by atoms with E-state index >= 15 is 0 Å². The van der Waals surface area contributed by atoms with Gasteiger partial charge in [-0.1, -0.05) is 13.0 Å². The summed E-state index contributed by atoms with van der Waals surface area (Å²) in [6.45, 7) is 1.99. The van der Waals surface area contributed by atoms with Gasteiger partial charge in [-0.2, -0.15) is 0 Å². The van der Waals surface area contributed by atoms with Crippen molar-refractivity contribution in [3.05, 3.63) is 35.5 Å². The molecule has 3 N–H and O–H groups in total. The fourth-order valence-corrected chi connectivity index (χ4v) is 2.77. The number of hydrogen-bond donors (Lipinski definition) is 3. The standard InChI is InChI=1S/C15H19NO3/c1-2-9-3-4-12-10(5-9)11(7-16-12)14-6-13(18)15(8-17)19-14/h3-5,7,13-18H,2,6,8H2,1H3/t13-,14?,15+/m0/s1. The Bertz CT molecular complexity index is 578. The van der Waals surface area contributed by atoms with Crippen molar-refractivity contribution in [2.24, 2.45) is 0 Å². The number of aromatic nitrogens is 1. The number of aromatic amines is 1. The molecule has 4 nitrogen and oxygen atoms in total. The van der Waals surface area contributed by atoms with E-state index in [4.69, 9.17) is 9.84 Å². The van der Waals surface area contributed by atoms with Gasteiger partial charge in [-0.25, -0.2) is 0 Å². The van der Waals surface area contributed by atoms with Crippen LogP contribution in [0.15, 0.2) is 24.4 Å². The molecule has 19 heavy (non-hydrogen) atoms. The van der Waals surface area contributed by atoms with E-state index in [-0.39, 0.29) is 12.7 Å². The van der Waals surface area contributed by atoms with Crippen molar-refractivity contribution in [2.75, 3.05) is 6.61 Å². The van der Waals surface area contributed by atoms with Crippen LogP contribution < -0.4 is 0 Å². The summed E-state index contributed by atoms with van der Waals surface area (Å²) in [5.74, 6) is 0. The molecule has 3 rings (SSSR count). The number of H-pyrrole nitrogens is 1. The van der Waals surface area contributed by atoms with Crippen molar-refractivity contribution in [3.8, 4) is 0 Å². The molecule has 2 aromatic rings. The van der Waals surface area contributed by atoms with Gasteiger partial charge in [0.1, 0.15) is 6.10 Å². The minimum Gasteiger partial charge on any atom is -0.394 e. The van der Waals surface area contributed by atoms with Crippen LogP contribution in [0.25, 0.3) is 10.9 Å². The lowest BCUT2D eigenvalue weighted by Gasteiger charge is -2.11. The molecule has 1 fully saturated rings. The fourth-order valence-electron chi connectivity index (χ4n) is 2.77. The Morgan fingerprint density at radius 3 is 2.95 bits per heavy atom.